The van der Waals surface area contributed by atoms with Crippen molar-refractivity contribution in [3.63, 3.8) is 0 Å². The second kappa shape index (κ2) is 9.07. The lowest BCUT2D eigenvalue weighted by Crippen LogP contribution is -2.40. The summed E-state index contributed by atoms with van der Waals surface area (Å²) < 4.78 is 14.8. The van der Waals surface area contributed by atoms with Crippen LogP contribution in [-0.4, -0.2) is 36.5 Å². The van der Waals surface area contributed by atoms with E-state index < -0.39 is 29.9 Å². The standard InChI is InChI=1S/C15H25NO6/c1-7-8-20-13(18)10(2)9-12(17)21-11(3)16-14(19)22-15(4,5)6/h11H,2,7-9H2,1,3-6H3,(H,16,19). The van der Waals surface area contributed by atoms with Gasteiger partial charge in [-0.15, -0.1) is 0 Å². The molecular weight excluding hydrogens is 290 g/mol. The van der Waals surface area contributed by atoms with E-state index in [9.17, 15) is 14.4 Å². The van der Waals surface area contributed by atoms with Gasteiger partial charge in [-0.05, 0) is 34.1 Å². The maximum Gasteiger partial charge on any atom is 0.410 e. The first-order valence-electron chi connectivity index (χ1n) is 7.09. The number of rotatable bonds is 7. The van der Waals surface area contributed by atoms with Crippen molar-refractivity contribution in [1.82, 2.24) is 5.32 Å². The number of hydrogen-bond donors (Lipinski definition) is 1. The molecule has 0 aromatic carbocycles. The summed E-state index contributed by atoms with van der Waals surface area (Å²) in [6.07, 6.45) is -1.21. The number of nitrogens with one attached hydrogen (secondary N) is 1. The Morgan fingerprint density at radius 3 is 2.32 bits per heavy atom. The van der Waals surface area contributed by atoms with Gasteiger partial charge in [0.05, 0.1) is 13.0 Å². The van der Waals surface area contributed by atoms with Gasteiger partial charge in [-0.2, -0.15) is 0 Å². The second-order valence-electron chi connectivity index (χ2n) is 5.69. The molecule has 0 aliphatic rings. The van der Waals surface area contributed by atoms with Crippen molar-refractivity contribution in [2.24, 2.45) is 0 Å². The molecule has 0 heterocycles. The quantitative estimate of drug-likeness (QED) is 0.335. The Hall–Kier alpha value is -2.05. The molecule has 1 unspecified atom stereocenters. The summed E-state index contributed by atoms with van der Waals surface area (Å²) in [5.41, 5.74) is -0.645. The Balaban J connectivity index is 4.17. The first-order chi connectivity index (χ1) is 10.0. The van der Waals surface area contributed by atoms with Gasteiger partial charge in [0.1, 0.15) is 5.60 Å². The summed E-state index contributed by atoms with van der Waals surface area (Å²) in [6, 6.07) is 0. The molecule has 22 heavy (non-hydrogen) atoms. The van der Waals surface area contributed by atoms with E-state index in [-0.39, 0.29) is 18.6 Å². The van der Waals surface area contributed by atoms with E-state index in [0.717, 1.165) is 0 Å². The van der Waals surface area contributed by atoms with Gasteiger partial charge in [0.15, 0.2) is 6.23 Å². The van der Waals surface area contributed by atoms with Crippen LogP contribution in [0.2, 0.25) is 0 Å². The van der Waals surface area contributed by atoms with Crippen molar-refractivity contribution in [3.05, 3.63) is 12.2 Å². The fourth-order valence-corrected chi connectivity index (χ4v) is 1.29. The van der Waals surface area contributed by atoms with Gasteiger partial charge >= 0.3 is 18.0 Å². The van der Waals surface area contributed by atoms with Gasteiger partial charge in [0.25, 0.3) is 0 Å². The Bertz CT molecular complexity index is 424. The van der Waals surface area contributed by atoms with Crippen LogP contribution in [0.25, 0.3) is 0 Å². The van der Waals surface area contributed by atoms with E-state index in [1.165, 1.54) is 6.92 Å². The third-order valence-corrected chi connectivity index (χ3v) is 2.11. The molecule has 0 aliphatic heterocycles. The Morgan fingerprint density at radius 2 is 1.82 bits per heavy atom. The van der Waals surface area contributed by atoms with Gasteiger partial charge < -0.3 is 14.2 Å². The lowest BCUT2D eigenvalue weighted by atomic mass is 10.2. The molecule has 1 N–H and O–H groups in total. The minimum Gasteiger partial charge on any atom is -0.462 e. The predicted octanol–water partition coefficient (Wildman–Crippen LogP) is 2.30. The molecule has 1 amide bonds. The van der Waals surface area contributed by atoms with Crippen molar-refractivity contribution < 1.29 is 28.6 Å². The smallest absolute Gasteiger partial charge is 0.410 e. The SMILES string of the molecule is C=C(CC(=O)OC(C)NC(=O)OC(C)(C)C)C(=O)OCCC. The van der Waals surface area contributed by atoms with Crippen LogP contribution in [0.4, 0.5) is 4.79 Å². The number of hydrogen-bond acceptors (Lipinski definition) is 6. The number of amides is 1. The first kappa shape index (κ1) is 19.9. The van der Waals surface area contributed by atoms with Gasteiger partial charge in [-0.25, -0.2) is 9.59 Å². The zero-order chi connectivity index (χ0) is 17.3. The van der Waals surface area contributed by atoms with Crippen LogP contribution in [0.15, 0.2) is 12.2 Å². The van der Waals surface area contributed by atoms with Crippen LogP contribution < -0.4 is 5.32 Å². The maximum absolute atomic E-state index is 11.6. The minimum absolute atomic E-state index is 0.00270. The van der Waals surface area contributed by atoms with Gasteiger partial charge in [-0.3, -0.25) is 10.1 Å². The summed E-state index contributed by atoms with van der Waals surface area (Å²) in [7, 11) is 0. The fourth-order valence-electron chi connectivity index (χ4n) is 1.29. The van der Waals surface area contributed by atoms with Crippen LogP contribution in [0.5, 0.6) is 0 Å². The predicted molar refractivity (Wildman–Crippen MR) is 79.9 cm³/mol. The minimum atomic E-state index is -0.887. The van der Waals surface area contributed by atoms with Crippen molar-refractivity contribution in [1.29, 1.82) is 0 Å². The molecular formula is C15H25NO6. The van der Waals surface area contributed by atoms with Gasteiger partial charge in [0.2, 0.25) is 0 Å². The highest BCUT2D eigenvalue weighted by Gasteiger charge is 2.20. The Labute approximate surface area is 131 Å². The van der Waals surface area contributed by atoms with Crippen molar-refractivity contribution in [2.75, 3.05) is 6.61 Å². The zero-order valence-electron chi connectivity index (χ0n) is 13.9. The molecule has 0 rings (SSSR count). The number of carbonyl (C=O) groups is 3. The fraction of sp³-hybridized carbons (Fsp3) is 0.667. The molecule has 7 heteroatoms. The molecule has 0 bridgehead atoms. The number of esters is 2. The van der Waals surface area contributed by atoms with Crippen LogP contribution in [0.3, 0.4) is 0 Å². The molecule has 0 aliphatic carbocycles. The zero-order valence-corrected chi connectivity index (χ0v) is 13.9. The van der Waals surface area contributed by atoms with Crippen molar-refractivity contribution >= 4 is 18.0 Å². The molecule has 0 saturated carbocycles. The largest absolute Gasteiger partial charge is 0.462 e. The highest BCUT2D eigenvalue weighted by molar-refractivity contribution is 5.93. The normalized spacial score (nSPS) is 12.0. The lowest BCUT2D eigenvalue weighted by Gasteiger charge is -2.22. The van der Waals surface area contributed by atoms with E-state index in [2.05, 4.69) is 11.9 Å². The molecule has 0 spiro atoms. The van der Waals surface area contributed by atoms with E-state index in [1.54, 1.807) is 20.8 Å². The monoisotopic (exact) mass is 315 g/mol. The second-order valence-corrected chi connectivity index (χ2v) is 5.69. The lowest BCUT2D eigenvalue weighted by molar-refractivity contribution is -0.150. The Kier molecular flexibility index (Phi) is 8.22. The summed E-state index contributed by atoms with van der Waals surface area (Å²) in [5, 5.41) is 2.35. The summed E-state index contributed by atoms with van der Waals surface area (Å²) in [5.74, 6) is -1.33. The molecule has 126 valence electrons. The molecule has 0 aromatic heterocycles. The van der Waals surface area contributed by atoms with E-state index in [0.29, 0.717) is 6.42 Å². The highest BCUT2D eigenvalue weighted by atomic mass is 16.6. The molecule has 0 aromatic rings. The molecule has 0 radical (unpaired) electrons. The number of ether oxygens (including phenoxy) is 3. The van der Waals surface area contributed by atoms with Gasteiger partial charge in [-0.1, -0.05) is 13.5 Å². The van der Waals surface area contributed by atoms with Crippen molar-refractivity contribution in [3.8, 4) is 0 Å². The van der Waals surface area contributed by atoms with Crippen LogP contribution >= 0.6 is 0 Å². The Morgan fingerprint density at radius 1 is 1.23 bits per heavy atom. The molecule has 0 fully saturated rings. The third-order valence-electron chi connectivity index (χ3n) is 2.11. The highest BCUT2D eigenvalue weighted by Crippen LogP contribution is 2.08. The van der Waals surface area contributed by atoms with Crippen LogP contribution in [0.1, 0.15) is 47.5 Å². The molecule has 1 atom stereocenters. The topological polar surface area (TPSA) is 90.9 Å². The van der Waals surface area contributed by atoms with E-state index >= 15 is 0 Å². The van der Waals surface area contributed by atoms with E-state index in [1.807, 2.05) is 6.92 Å². The van der Waals surface area contributed by atoms with Crippen LogP contribution in [0, 0.1) is 0 Å². The first-order valence-corrected chi connectivity index (χ1v) is 7.09. The number of alkyl carbamates (subject to hydrolysis) is 1. The molecule has 7 nitrogen and oxygen atoms in total. The average molecular weight is 315 g/mol. The summed E-state index contributed by atoms with van der Waals surface area (Å²) in [6.45, 7) is 12.2. The molecule has 0 saturated heterocycles. The third kappa shape index (κ3) is 9.79. The summed E-state index contributed by atoms with van der Waals surface area (Å²) >= 11 is 0. The average Bonchev–Trinajstić information content (AvgIpc) is 2.32. The van der Waals surface area contributed by atoms with Crippen LogP contribution in [-0.2, 0) is 23.8 Å². The maximum atomic E-state index is 11.6. The van der Waals surface area contributed by atoms with Gasteiger partial charge in [0, 0.05) is 5.57 Å². The van der Waals surface area contributed by atoms with Crippen molar-refractivity contribution in [2.45, 2.75) is 59.3 Å². The van der Waals surface area contributed by atoms with E-state index in [4.69, 9.17) is 14.2 Å². The summed E-state index contributed by atoms with van der Waals surface area (Å²) in [4.78, 5) is 34.5. The number of carbonyl (C=O) groups excluding carboxylic acids is 3.